The summed E-state index contributed by atoms with van der Waals surface area (Å²) in [7, 11) is 0. The molecular formula is C26H25FN4OS. The van der Waals surface area contributed by atoms with E-state index >= 15 is 0 Å². The van der Waals surface area contributed by atoms with Crippen LogP contribution in [0.5, 0.6) is 0 Å². The molecule has 0 saturated carbocycles. The van der Waals surface area contributed by atoms with Gasteiger partial charge in [-0.1, -0.05) is 18.2 Å². The Bertz CT molecular complexity index is 1280. The molecule has 0 saturated heterocycles. The molecule has 4 heterocycles. The highest BCUT2D eigenvalue weighted by Gasteiger charge is 2.25. The maximum Gasteiger partial charge on any atom is 0.173 e. The van der Waals surface area contributed by atoms with E-state index in [1.807, 2.05) is 41.3 Å². The number of ketones is 1. The van der Waals surface area contributed by atoms with E-state index in [2.05, 4.69) is 10.1 Å². The third-order valence-electron chi connectivity index (χ3n) is 6.15. The maximum absolute atomic E-state index is 13.6. The number of fused-ring (bicyclic) bond motifs is 3. The van der Waals surface area contributed by atoms with Crippen LogP contribution in [0.3, 0.4) is 0 Å². The number of carbonyl (C=O) groups is 1. The minimum absolute atomic E-state index is 0.0299. The number of rotatable bonds is 7. The van der Waals surface area contributed by atoms with Crippen LogP contribution in [0.1, 0.15) is 33.0 Å². The number of carbonyl (C=O) groups excluding carboxylic acids is 1. The Morgan fingerprint density at radius 3 is 2.88 bits per heavy atom. The van der Waals surface area contributed by atoms with E-state index in [9.17, 15) is 9.18 Å². The molecule has 0 spiro atoms. The van der Waals surface area contributed by atoms with Gasteiger partial charge in [0.1, 0.15) is 5.82 Å². The van der Waals surface area contributed by atoms with Crippen molar-refractivity contribution in [1.29, 1.82) is 0 Å². The number of aryl methyl sites for hydroxylation is 2. The first kappa shape index (κ1) is 21.7. The van der Waals surface area contributed by atoms with Crippen LogP contribution in [0.25, 0.3) is 22.4 Å². The molecule has 1 unspecified atom stereocenters. The average Bonchev–Trinajstić information content (AvgIpc) is 3.40. The SMILES string of the molecule is NCC(CC(=O)c1cc2c(s1)CCCn1ncc(-c3cccnc3)c1-2)Cc1cccc(F)c1. The lowest BCUT2D eigenvalue weighted by atomic mass is 9.93. The van der Waals surface area contributed by atoms with Crippen LogP contribution < -0.4 is 5.73 Å². The summed E-state index contributed by atoms with van der Waals surface area (Å²) >= 11 is 1.58. The van der Waals surface area contributed by atoms with Crippen molar-refractivity contribution in [2.24, 2.45) is 11.7 Å². The van der Waals surface area contributed by atoms with Gasteiger partial charge in [0.25, 0.3) is 0 Å². The molecule has 5 nitrogen and oxygen atoms in total. The van der Waals surface area contributed by atoms with Crippen molar-refractivity contribution >= 4 is 17.1 Å². The third-order valence-corrected chi connectivity index (χ3v) is 7.38. The summed E-state index contributed by atoms with van der Waals surface area (Å²) in [6, 6.07) is 12.5. The summed E-state index contributed by atoms with van der Waals surface area (Å²) < 4.78 is 15.6. The molecule has 1 aliphatic heterocycles. The van der Waals surface area contributed by atoms with Crippen LogP contribution in [0.2, 0.25) is 0 Å². The zero-order valence-corrected chi connectivity index (χ0v) is 19.0. The zero-order chi connectivity index (χ0) is 22.8. The van der Waals surface area contributed by atoms with E-state index in [0.717, 1.165) is 52.2 Å². The molecule has 1 aromatic carbocycles. The number of hydrogen-bond donors (Lipinski definition) is 1. The lowest BCUT2D eigenvalue weighted by Crippen LogP contribution is -2.20. The second-order valence-electron chi connectivity index (χ2n) is 8.49. The van der Waals surface area contributed by atoms with E-state index in [1.165, 1.54) is 17.0 Å². The predicted octanol–water partition coefficient (Wildman–Crippen LogP) is 5.15. The smallest absolute Gasteiger partial charge is 0.173 e. The first-order chi connectivity index (χ1) is 16.1. The highest BCUT2D eigenvalue weighted by molar-refractivity contribution is 7.14. The Kier molecular flexibility index (Phi) is 6.15. The molecule has 0 bridgehead atoms. The molecular weight excluding hydrogens is 435 g/mol. The molecule has 1 aliphatic rings. The van der Waals surface area contributed by atoms with Gasteiger partial charge in [0.2, 0.25) is 0 Å². The Balaban J connectivity index is 1.42. The van der Waals surface area contributed by atoms with E-state index in [0.29, 0.717) is 19.4 Å². The van der Waals surface area contributed by atoms with Crippen molar-refractivity contribution in [3.8, 4) is 22.4 Å². The molecule has 33 heavy (non-hydrogen) atoms. The Hall–Kier alpha value is -3.16. The van der Waals surface area contributed by atoms with Crippen LogP contribution in [0.15, 0.2) is 61.1 Å². The molecule has 3 aromatic heterocycles. The summed E-state index contributed by atoms with van der Waals surface area (Å²) in [5.41, 5.74) is 11.0. The molecule has 0 radical (unpaired) electrons. The fourth-order valence-corrected chi connectivity index (χ4v) is 5.66. The minimum atomic E-state index is -0.266. The first-order valence-corrected chi connectivity index (χ1v) is 12.0. The predicted molar refractivity (Wildman–Crippen MR) is 129 cm³/mol. The lowest BCUT2D eigenvalue weighted by Gasteiger charge is -2.13. The van der Waals surface area contributed by atoms with E-state index in [1.54, 1.807) is 23.6 Å². The van der Waals surface area contributed by atoms with Gasteiger partial charge in [-0.3, -0.25) is 14.5 Å². The van der Waals surface area contributed by atoms with E-state index in [-0.39, 0.29) is 17.5 Å². The zero-order valence-electron chi connectivity index (χ0n) is 18.2. The molecule has 168 valence electrons. The second kappa shape index (κ2) is 9.37. The van der Waals surface area contributed by atoms with E-state index in [4.69, 9.17) is 5.73 Å². The molecule has 1 atom stereocenters. The van der Waals surface area contributed by atoms with Crippen LogP contribution in [0, 0.1) is 11.7 Å². The molecule has 7 heteroatoms. The highest BCUT2D eigenvalue weighted by atomic mass is 32.1. The Morgan fingerprint density at radius 2 is 2.09 bits per heavy atom. The van der Waals surface area contributed by atoms with Crippen molar-refractivity contribution in [2.75, 3.05) is 6.54 Å². The molecule has 0 fully saturated rings. The summed E-state index contributed by atoms with van der Waals surface area (Å²) in [6.45, 7) is 1.23. The molecule has 0 aliphatic carbocycles. The molecule has 4 aromatic rings. The average molecular weight is 461 g/mol. The molecule has 2 N–H and O–H groups in total. The van der Waals surface area contributed by atoms with Crippen LogP contribution in [-0.2, 0) is 19.4 Å². The fourth-order valence-electron chi connectivity index (χ4n) is 4.51. The number of benzene rings is 1. The van der Waals surface area contributed by atoms with Gasteiger partial charge in [0.15, 0.2) is 5.78 Å². The van der Waals surface area contributed by atoms with Crippen LogP contribution in [0.4, 0.5) is 4.39 Å². The van der Waals surface area contributed by atoms with Gasteiger partial charge in [-0.05, 0) is 61.6 Å². The van der Waals surface area contributed by atoms with Crippen molar-refractivity contribution in [1.82, 2.24) is 14.8 Å². The van der Waals surface area contributed by atoms with Gasteiger partial charge in [-0.2, -0.15) is 5.10 Å². The van der Waals surface area contributed by atoms with Gasteiger partial charge in [-0.15, -0.1) is 11.3 Å². The normalized spacial score (nSPS) is 13.8. The Labute approximate surface area is 196 Å². The number of nitrogens with zero attached hydrogens (tertiary/aromatic N) is 3. The minimum Gasteiger partial charge on any atom is -0.330 e. The number of hydrogen-bond acceptors (Lipinski definition) is 5. The largest absolute Gasteiger partial charge is 0.330 e. The van der Waals surface area contributed by atoms with E-state index < -0.39 is 0 Å². The van der Waals surface area contributed by atoms with Crippen molar-refractivity contribution in [2.45, 2.75) is 32.2 Å². The number of thiophene rings is 1. The quantitative estimate of drug-likeness (QED) is 0.387. The highest BCUT2D eigenvalue weighted by Crippen LogP contribution is 2.40. The molecule has 0 amide bonds. The summed E-state index contributed by atoms with van der Waals surface area (Å²) in [5, 5.41) is 4.62. The van der Waals surface area contributed by atoms with Gasteiger partial charge >= 0.3 is 0 Å². The van der Waals surface area contributed by atoms with Gasteiger partial charge in [0.05, 0.1) is 16.8 Å². The fraction of sp³-hybridized carbons (Fsp3) is 0.269. The number of pyridine rings is 1. The van der Waals surface area contributed by atoms with Crippen LogP contribution in [-0.4, -0.2) is 27.1 Å². The summed E-state index contributed by atoms with van der Waals surface area (Å²) in [4.78, 5) is 19.5. The summed E-state index contributed by atoms with van der Waals surface area (Å²) in [6.07, 6.45) is 8.34. The van der Waals surface area contributed by atoms with Crippen molar-refractivity contribution < 1.29 is 9.18 Å². The lowest BCUT2D eigenvalue weighted by molar-refractivity contribution is 0.0966. The van der Waals surface area contributed by atoms with Gasteiger partial charge < -0.3 is 5.73 Å². The van der Waals surface area contributed by atoms with Crippen molar-refractivity contribution in [3.05, 3.63) is 82.2 Å². The summed E-state index contributed by atoms with van der Waals surface area (Å²) in [5.74, 6) is -0.204. The van der Waals surface area contributed by atoms with Gasteiger partial charge in [-0.25, -0.2) is 4.39 Å². The van der Waals surface area contributed by atoms with Crippen LogP contribution >= 0.6 is 11.3 Å². The maximum atomic E-state index is 13.6. The number of aromatic nitrogens is 3. The van der Waals surface area contributed by atoms with Crippen molar-refractivity contribution in [3.63, 3.8) is 0 Å². The number of nitrogens with two attached hydrogens (primary N) is 1. The Morgan fingerprint density at radius 1 is 1.18 bits per heavy atom. The second-order valence-corrected chi connectivity index (χ2v) is 9.62. The standard InChI is InChI=1S/C26H25FN4OS/c27-20-6-1-4-17(11-20)10-18(14-28)12-23(32)25-13-21-24(33-25)7-3-9-31-26(21)22(16-30-31)19-5-2-8-29-15-19/h1-2,4-6,8,11,13,15-16,18H,3,7,9-10,12,14,28H2. The topological polar surface area (TPSA) is 73.8 Å². The number of Topliss-reactive ketones (excluding diaryl/α,β-unsaturated/α-hetero) is 1. The van der Waals surface area contributed by atoms with Gasteiger partial charge in [0, 0.05) is 46.9 Å². The number of halogens is 1. The first-order valence-electron chi connectivity index (χ1n) is 11.2. The monoisotopic (exact) mass is 460 g/mol. The molecule has 5 rings (SSSR count). The third kappa shape index (κ3) is 4.51.